The Kier molecular flexibility index (Phi) is 5.65. The van der Waals surface area contributed by atoms with Gasteiger partial charge in [0.1, 0.15) is 4.90 Å². The number of para-hydroxylation sites is 1. The van der Waals surface area contributed by atoms with Crippen LogP contribution in [0, 0.1) is 6.92 Å². The molecule has 0 aromatic heterocycles. The summed E-state index contributed by atoms with van der Waals surface area (Å²) < 4.78 is 56.5. The van der Waals surface area contributed by atoms with E-state index in [0.29, 0.717) is 0 Å². The van der Waals surface area contributed by atoms with E-state index >= 15 is 0 Å². The van der Waals surface area contributed by atoms with Crippen molar-refractivity contribution in [3.05, 3.63) is 66.2 Å². The highest BCUT2D eigenvalue weighted by Gasteiger charge is 2.28. The van der Waals surface area contributed by atoms with Crippen molar-refractivity contribution in [3.63, 3.8) is 0 Å². The maximum atomic E-state index is 12.6. The third kappa shape index (κ3) is 4.57. The topological polar surface area (TPSA) is 107 Å². The quantitative estimate of drug-likeness (QED) is 0.456. The van der Waals surface area contributed by atoms with Crippen molar-refractivity contribution in [2.75, 3.05) is 0 Å². The van der Waals surface area contributed by atoms with Crippen molar-refractivity contribution in [2.24, 2.45) is 0 Å². The molecule has 9 heteroatoms. The lowest BCUT2D eigenvalue weighted by molar-refractivity contribution is -0.130. The van der Waals surface area contributed by atoms with E-state index < -0.39 is 30.9 Å². The van der Waals surface area contributed by atoms with Gasteiger partial charge in [-0.1, -0.05) is 36.4 Å². The predicted molar refractivity (Wildman–Crippen MR) is 95.6 cm³/mol. The molecule has 0 spiro atoms. The second-order valence-electron chi connectivity index (χ2n) is 5.52. The van der Waals surface area contributed by atoms with E-state index in [1.807, 2.05) is 0 Å². The van der Waals surface area contributed by atoms with Gasteiger partial charge >= 0.3 is 5.97 Å². The first-order valence-electron chi connectivity index (χ1n) is 7.35. The van der Waals surface area contributed by atoms with E-state index in [-0.39, 0.29) is 16.2 Å². The summed E-state index contributed by atoms with van der Waals surface area (Å²) in [5, 5.41) is 0. The summed E-state index contributed by atoms with van der Waals surface area (Å²) in [6.45, 7) is 6.59. The fourth-order valence-corrected chi connectivity index (χ4v) is 4.92. The molecule has 7 nitrogen and oxygen atoms in total. The zero-order chi connectivity index (χ0) is 19.5. The largest absolute Gasteiger partial charge is 0.422 e. The van der Waals surface area contributed by atoms with E-state index in [4.69, 9.17) is 4.74 Å². The van der Waals surface area contributed by atoms with Crippen LogP contribution in [0.3, 0.4) is 0 Å². The lowest BCUT2D eigenvalue weighted by Crippen LogP contribution is -2.31. The van der Waals surface area contributed by atoms with Crippen LogP contribution in [0.2, 0.25) is 0 Å². The highest BCUT2D eigenvalue weighted by Crippen LogP contribution is 2.25. The first-order chi connectivity index (χ1) is 12.0. The van der Waals surface area contributed by atoms with Crippen molar-refractivity contribution >= 4 is 26.0 Å². The first kappa shape index (κ1) is 19.8. The Bertz CT molecular complexity index is 1050. The van der Waals surface area contributed by atoms with Gasteiger partial charge in [-0.05, 0) is 38.1 Å². The molecule has 0 atom stereocenters. The van der Waals surface area contributed by atoms with Gasteiger partial charge in [0.15, 0.2) is 5.75 Å². The fourth-order valence-electron chi connectivity index (χ4n) is 1.90. The standard InChI is InChI=1S/C17H17NO6S2/c1-12(2)17(19)24-15-6-4-5-7-16(15)26(22,23)18-25(20,21)14-10-8-13(3)9-11-14/h4-11,18H,1H2,2-3H3. The van der Waals surface area contributed by atoms with E-state index in [0.717, 1.165) is 11.6 Å². The number of rotatable bonds is 6. The molecule has 0 amide bonds. The summed E-state index contributed by atoms with van der Waals surface area (Å²) in [5.74, 6) is -1.12. The smallest absolute Gasteiger partial charge is 0.338 e. The van der Waals surface area contributed by atoms with E-state index in [9.17, 15) is 21.6 Å². The molecule has 2 rings (SSSR count). The molecule has 26 heavy (non-hydrogen) atoms. The summed E-state index contributed by atoms with van der Waals surface area (Å²) in [5.41, 5.74) is 0.890. The van der Waals surface area contributed by atoms with Gasteiger partial charge in [-0.3, -0.25) is 0 Å². The van der Waals surface area contributed by atoms with Gasteiger partial charge in [0.2, 0.25) is 0 Å². The van der Waals surface area contributed by atoms with E-state index in [1.165, 1.54) is 37.3 Å². The molecular weight excluding hydrogens is 378 g/mol. The number of carbonyl (C=O) groups excluding carboxylic acids is 1. The molecule has 0 aliphatic carbocycles. The van der Waals surface area contributed by atoms with Gasteiger partial charge in [-0.15, -0.1) is 4.13 Å². The predicted octanol–water partition coefficient (Wildman–Crippen LogP) is 2.14. The highest BCUT2D eigenvalue weighted by atomic mass is 32.3. The fraction of sp³-hybridized carbons (Fsp3) is 0.118. The Morgan fingerprint density at radius 1 is 0.962 bits per heavy atom. The lowest BCUT2D eigenvalue weighted by Gasteiger charge is -2.12. The van der Waals surface area contributed by atoms with Crippen LogP contribution in [0.15, 0.2) is 70.5 Å². The minimum absolute atomic E-state index is 0.0671. The minimum Gasteiger partial charge on any atom is -0.422 e. The number of carbonyl (C=O) groups is 1. The monoisotopic (exact) mass is 395 g/mol. The summed E-state index contributed by atoms with van der Waals surface area (Å²) in [6, 6.07) is 10.9. The van der Waals surface area contributed by atoms with Crippen LogP contribution in [-0.2, 0) is 24.8 Å². The summed E-state index contributed by atoms with van der Waals surface area (Å²) >= 11 is 0. The average molecular weight is 395 g/mol. The second-order valence-corrected chi connectivity index (χ2v) is 9.11. The molecule has 0 saturated carbocycles. The molecule has 0 saturated heterocycles. The Balaban J connectivity index is 2.40. The Labute approximate surface area is 152 Å². The number of sulfonamides is 2. The molecule has 0 aliphatic heterocycles. The van der Waals surface area contributed by atoms with E-state index in [2.05, 4.69) is 6.58 Å². The molecule has 0 aliphatic rings. The normalized spacial score (nSPS) is 11.8. The molecule has 0 radical (unpaired) electrons. The average Bonchev–Trinajstić information content (AvgIpc) is 2.54. The number of aryl methyl sites for hydroxylation is 1. The molecule has 1 N–H and O–H groups in total. The van der Waals surface area contributed by atoms with Crippen LogP contribution < -0.4 is 8.86 Å². The minimum atomic E-state index is -4.52. The second kappa shape index (κ2) is 7.40. The Morgan fingerprint density at radius 3 is 2.12 bits per heavy atom. The van der Waals surface area contributed by atoms with Gasteiger partial charge in [0, 0.05) is 5.57 Å². The van der Waals surface area contributed by atoms with Gasteiger partial charge < -0.3 is 4.74 Å². The molecule has 0 unspecified atom stereocenters. The Morgan fingerprint density at radius 2 is 1.54 bits per heavy atom. The molecule has 0 fully saturated rings. The highest BCUT2D eigenvalue weighted by molar-refractivity contribution is 8.04. The van der Waals surface area contributed by atoms with Crippen molar-refractivity contribution < 1.29 is 26.4 Å². The maximum absolute atomic E-state index is 12.6. The first-order valence-corrected chi connectivity index (χ1v) is 10.3. The molecule has 0 bridgehead atoms. The van der Waals surface area contributed by atoms with Crippen molar-refractivity contribution in [2.45, 2.75) is 23.6 Å². The number of ether oxygens (including phenoxy) is 1. The summed E-state index contributed by atoms with van der Waals surface area (Å²) in [6.07, 6.45) is 0. The van der Waals surface area contributed by atoms with Crippen molar-refractivity contribution in [3.8, 4) is 5.75 Å². The summed E-state index contributed by atoms with van der Waals surface area (Å²) in [4.78, 5) is 11.0. The van der Waals surface area contributed by atoms with Crippen LogP contribution in [0.4, 0.5) is 0 Å². The number of nitrogens with one attached hydrogen (secondary N) is 1. The molecule has 2 aromatic carbocycles. The number of benzene rings is 2. The molecule has 0 heterocycles. The SMILES string of the molecule is C=C(C)C(=O)Oc1ccccc1S(=O)(=O)NS(=O)(=O)c1ccc(C)cc1. The van der Waals surface area contributed by atoms with Crippen LogP contribution in [-0.4, -0.2) is 22.8 Å². The van der Waals surface area contributed by atoms with Gasteiger partial charge in [-0.2, -0.15) is 0 Å². The van der Waals surface area contributed by atoms with Crippen LogP contribution in [0.1, 0.15) is 12.5 Å². The van der Waals surface area contributed by atoms with E-state index in [1.54, 1.807) is 23.2 Å². The van der Waals surface area contributed by atoms with Crippen molar-refractivity contribution in [1.29, 1.82) is 0 Å². The maximum Gasteiger partial charge on any atom is 0.338 e. The van der Waals surface area contributed by atoms with Crippen LogP contribution in [0.25, 0.3) is 0 Å². The van der Waals surface area contributed by atoms with Gasteiger partial charge in [0.25, 0.3) is 20.0 Å². The Hall–Kier alpha value is -2.49. The summed E-state index contributed by atoms with van der Waals surface area (Å²) in [7, 11) is -8.86. The number of hydrogen-bond donors (Lipinski definition) is 1. The van der Waals surface area contributed by atoms with Crippen molar-refractivity contribution in [1.82, 2.24) is 4.13 Å². The zero-order valence-corrected chi connectivity index (χ0v) is 15.7. The molecular formula is C17H17NO6S2. The van der Waals surface area contributed by atoms with Crippen LogP contribution >= 0.6 is 0 Å². The molecule has 2 aromatic rings. The lowest BCUT2D eigenvalue weighted by atomic mass is 10.2. The zero-order valence-electron chi connectivity index (χ0n) is 14.1. The number of hydrogen-bond acceptors (Lipinski definition) is 6. The third-order valence-electron chi connectivity index (χ3n) is 3.24. The molecule has 138 valence electrons. The third-order valence-corrected chi connectivity index (χ3v) is 6.80. The van der Waals surface area contributed by atoms with Gasteiger partial charge in [0.05, 0.1) is 4.90 Å². The van der Waals surface area contributed by atoms with Crippen LogP contribution in [0.5, 0.6) is 5.75 Å². The number of esters is 1. The van der Waals surface area contributed by atoms with Gasteiger partial charge in [-0.25, -0.2) is 21.6 Å².